The average molecular weight is 368 g/mol. The molecule has 0 aromatic carbocycles. The Bertz CT molecular complexity index is 787. The molecule has 1 saturated heterocycles. The maximum absolute atomic E-state index is 12.3. The molecule has 1 amide bonds. The Labute approximate surface area is 161 Å². The third kappa shape index (κ3) is 4.50. The molecule has 0 N–H and O–H groups in total. The van der Waals surface area contributed by atoms with Gasteiger partial charge in [0.1, 0.15) is 12.4 Å². The van der Waals surface area contributed by atoms with E-state index in [2.05, 4.69) is 30.7 Å². The fourth-order valence-corrected chi connectivity index (χ4v) is 3.46. The monoisotopic (exact) mass is 368 g/mol. The van der Waals surface area contributed by atoms with E-state index in [9.17, 15) is 4.79 Å². The van der Waals surface area contributed by atoms with Gasteiger partial charge in [0.05, 0.1) is 5.69 Å². The van der Waals surface area contributed by atoms with Crippen molar-refractivity contribution in [2.24, 2.45) is 0 Å². The van der Waals surface area contributed by atoms with Crippen LogP contribution in [0.3, 0.4) is 0 Å². The summed E-state index contributed by atoms with van der Waals surface area (Å²) in [5, 5.41) is 0. The molecule has 0 bridgehead atoms. The van der Waals surface area contributed by atoms with Crippen molar-refractivity contribution in [3.8, 4) is 11.1 Å². The van der Waals surface area contributed by atoms with Crippen molar-refractivity contribution in [3.63, 3.8) is 0 Å². The first-order valence-electron chi connectivity index (χ1n) is 9.44. The van der Waals surface area contributed by atoms with Gasteiger partial charge in [-0.3, -0.25) is 9.78 Å². The van der Waals surface area contributed by atoms with Gasteiger partial charge in [0.2, 0.25) is 5.91 Å². The molecular weight excluding hydrogens is 340 g/mol. The van der Waals surface area contributed by atoms with E-state index in [-0.39, 0.29) is 23.8 Å². The Kier molecular flexibility index (Phi) is 5.85. The van der Waals surface area contributed by atoms with Gasteiger partial charge in [-0.1, -0.05) is 20.8 Å². The van der Waals surface area contributed by atoms with Gasteiger partial charge in [-0.05, 0) is 30.5 Å². The van der Waals surface area contributed by atoms with E-state index < -0.39 is 0 Å². The van der Waals surface area contributed by atoms with Crippen LogP contribution in [0.1, 0.15) is 51.0 Å². The summed E-state index contributed by atoms with van der Waals surface area (Å²) in [6.07, 6.45) is 7.46. The van der Waals surface area contributed by atoms with Crippen LogP contribution in [0.2, 0.25) is 0 Å². The fraction of sp³-hybridized carbons (Fsp3) is 0.524. The first kappa shape index (κ1) is 19.4. The predicted octanol–water partition coefficient (Wildman–Crippen LogP) is 3.19. The maximum atomic E-state index is 12.3. The number of carbonyl (C=O) groups excluding carboxylic acids is 1. The minimum absolute atomic E-state index is 0.0396. The Morgan fingerprint density at radius 3 is 2.70 bits per heavy atom. The van der Waals surface area contributed by atoms with Gasteiger partial charge in [0.25, 0.3) is 0 Å². The van der Waals surface area contributed by atoms with Crippen molar-refractivity contribution < 1.29 is 9.53 Å². The number of likely N-dealkylation sites (tertiary alicyclic amines) is 1. The van der Waals surface area contributed by atoms with Crippen LogP contribution in [0.25, 0.3) is 11.1 Å². The minimum atomic E-state index is -0.133. The summed E-state index contributed by atoms with van der Waals surface area (Å²) in [7, 11) is 1.56. The fourth-order valence-electron chi connectivity index (χ4n) is 3.46. The van der Waals surface area contributed by atoms with Crippen molar-refractivity contribution in [3.05, 3.63) is 42.2 Å². The van der Waals surface area contributed by atoms with Gasteiger partial charge in [-0.2, -0.15) is 0 Å². The molecule has 6 nitrogen and oxygen atoms in total. The number of amides is 1. The molecule has 3 heterocycles. The first-order chi connectivity index (χ1) is 12.9. The van der Waals surface area contributed by atoms with Crippen molar-refractivity contribution >= 4 is 5.91 Å². The number of aromatic nitrogens is 3. The number of hydrogen-bond acceptors (Lipinski definition) is 5. The highest BCUT2D eigenvalue weighted by molar-refractivity contribution is 5.77. The number of nitrogens with zero attached hydrogens (tertiary/aromatic N) is 4. The Morgan fingerprint density at radius 2 is 2.04 bits per heavy atom. The first-order valence-corrected chi connectivity index (χ1v) is 9.44. The molecule has 1 aliphatic rings. The van der Waals surface area contributed by atoms with Crippen molar-refractivity contribution in [2.45, 2.75) is 44.9 Å². The highest BCUT2D eigenvalue weighted by atomic mass is 16.5. The van der Waals surface area contributed by atoms with Gasteiger partial charge in [-0.25, -0.2) is 9.97 Å². The van der Waals surface area contributed by atoms with E-state index in [0.29, 0.717) is 6.54 Å². The lowest BCUT2D eigenvalue weighted by atomic mass is 9.88. The average Bonchev–Trinajstić information content (AvgIpc) is 2.68. The number of pyridine rings is 1. The van der Waals surface area contributed by atoms with Crippen LogP contribution >= 0.6 is 0 Å². The molecule has 0 spiro atoms. The molecular formula is C21H28N4O2. The van der Waals surface area contributed by atoms with Gasteiger partial charge in [0.15, 0.2) is 0 Å². The van der Waals surface area contributed by atoms with E-state index >= 15 is 0 Å². The topological polar surface area (TPSA) is 68.2 Å². The number of methoxy groups -OCH3 is 1. The van der Waals surface area contributed by atoms with Crippen LogP contribution in [0.15, 0.2) is 30.7 Å². The third-order valence-electron chi connectivity index (χ3n) is 4.91. The summed E-state index contributed by atoms with van der Waals surface area (Å²) in [5.74, 6) is 1.06. The number of piperidine rings is 1. The molecule has 1 atom stereocenters. The van der Waals surface area contributed by atoms with E-state index in [1.165, 1.54) is 0 Å². The van der Waals surface area contributed by atoms with Crippen LogP contribution in [0.4, 0.5) is 0 Å². The van der Waals surface area contributed by atoms with Crippen LogP contribution < -0.4 is 0 Å². The van der Waals surface area contributed by atoms with E-state index in [4.69, 9.17) is 9.72 Å². The highest BCUT2D eigenvalue weighted by Gasteiger charge is 2.29. The second kappa shape index (κ2) is 8.13. The summed E-state index contributed by atoms with van der Waals surface area (Å²) < 4.78 is 5.03. The molecule has 2 aromatic heterocycles. The number of rotatable bonds is 4. The van der Waals surface area contributed by atoms with Crippen LogP contribution in [0, 0.1) is 0 Å². The standard InChI is InChI=1S/C21H28N4O2/c1-21(2,3)20-23-12-17(15-7-9-22-10-8-15)19(24-20)16-6-5-11-25(13-16)18(26)14-27-4/h7-10,12,16H,5-6,11,13-14H2,1-4H3. The second-order valence-electron chi connectivity index (χ2n) is 8.09. The maximum Gasteiger partial charge on any atom is 0.248 e. The minimum Gasteiger partial charge on any atom is -0.375 e. The third-order valence-corrected chi connectivity index (χ3v) is 4.91. The second-order valence-corrected chi connectivity index (χ2v) is 8.09. The molecule has 1 aliphatic heterocycles. The summed E-state index contributed by atoms with van der Waals surface area (Å²) in [6.45, 7) is 7.93. The smallest absolute Gasteiger partial charge is 0.248 e. The summed E-state index contributed by atoms with van der Waals surface area (Å²) in [4.78, 5) is 27.9. The van der Waals surface area contributed by atoms with Crippen molar-refractivity contribution in [1.29, 1.82) is 0 Å². The zero-order valence-electron chi connectivity index (χ0n) is 16.6. The lowest BCUT2D eigenvalue weighted by Crippen LogP contribution is -2.41. The zero-order valence-corrected chi connectivity index (χ0v) is 16.6. The molecule has 3 rings (SSSR count). The summed E-state index contributed by atoms with van der Waals surface area (Å²) in [6, 6.07) is 3.96. The molecule has 2 aromatic rings. The SMILES string of the molecule is COCC(=O)N1CCCC(c2nc(C(C)(C)C)ncc2-c2ccncc2)C1. The van der Waals surface area contributed by atoms with Gasteiger partial charge in [-0.15, -0.1) is 0 Å². The predicted molar refractivity (Wildman–Crippen MR) is 104 cm³/mol. The largest absolute Gasteiger partial charge is 0.375 e. The van der Waals surface area contributed by atoms with Crippen LogP contribution in [-0.4, -0.2) is 52.6 Å². The number of carbonyl (C=O) groups is 1. The highest BCUT2D eigenvalue weighted by Crippen LogP contribution is 2.34. The summed E-state index contributed by atoms with van der Waals surface area (Å²) >= 11 is 0. The quantitative estimate of drug-likeness (QED) is 0.829. The molecule has 0 saturated carbocycles. The number of hydrogen-bond donors (Lipinski definition) is 0. The van der Waals surface area contributed by atoms with E-state index in [1.54, 1.807) is 19.5 Å². The lowest BCUT2D eigenvalue weighted by molar-refractivity contribution is -0.136. The molecule has 1 fully saturated rings. The van der Waals surface area contributed by atoms with Gasteiger partial charge in [0, 0.05) is 55.7 Å². The lowest BCUT2D eigenvalue weighted by Gasteiger charge is -2.33. The number of ether oxygens (including phenoxy) is 1. The normalized spacial score (nSPS) is 17.8. The molecule has 0 radical (unpaired) electrons. The molecule has 6 heteroatoms. The molecule has 1 unspecified atom stereocenters. The molecule has 0 aliphatic carbocycles. The Morgan fingerprint density at radius 1 is 1.30 bits per heavy atom. The van der Waals surface area contributed by atoms with E-state index in [0.717, 1.165) is 42.0 Å². The van der Waals surface area contributed by atoms with Gasteiger partial charge >= 0.3 is 0 Å². The Balaban J connectivity index is 1.99. The van der Waals surface area contributed by atoms with E-state index in [1.807, 2.05) is 23.2 Å². The van der Waals surface area contributed by atoms with Crippen LogP contribution in [-0.2, 0) is 14.9 Å². The summed E-state index contributed by atoms with van der Waals surface area (Å²) in [5.41, 5.74) is 2.97. The molecule has 144 valence electrons. The zero-order chi connectivity index (χ0) is 19.4. The van der Waals surface area contributed by atoms with Crippen LogP contribution in [0.5, 0.6) is 0 Å². The van der Waals surface area contributed by atoms with Crippen molar-refractivity contribution in [1.82, 2.24) is 19.9 Å². The molecule has 27 heavy (non-hydrogen) atoms. The Hall–Kier alpha value is -2.34. The van der Waals surface area contributed by atoms with Gasteiger partial charge < -0.3 is 9.64 Å². The van der Waals surface area contributed by atoms with Crippen molar-refractivity contribution in [2.75, 3.05) is 26.8 Å².